The predicted molar refractivity (Wildman–Crippen MR) is 127 cm³/mol. The molecule has 8 nitrogen and oxygen atoms in total. The fourth-order valence-corrected chi connectivity index (χ4v) is 4.73. The van der Waals surface area contributed by atoms with E-state index in [-0.39, 0.29) is 10.9 Å². The van der Waals surface area contributed by atoms with Crippen molar-refractivity contribution in [3.8, 4) is 0 Å². The van der Waals surface area contributed by atoms with E-state index in [0.717, 1.165) is 22.3 Å². The maximum atomic E-state index is 12.5. The van der Waals surface area contributed by atoms with Gasteiger partial charge in [0.25, 0.3) is 0 Å². The first-order chi connectivity index (χ1) is 15.4. The van der Waals surface area contributed by atoms with E-state index in [1.807, 2.05) is 50.2 Å². The summed E-state index contributed by atoms with van der Waals surface area (Å²) in [5.74, 6) is 0.755. The summed E-state index contributed by atoms with van der Waals surface area (Å²) in [5.41, 5.74) is 1.73. The number of benzene rings is 2. The third-order valence-electron chi connectivity index (χ3n) is 5.03. The molecule has 0 saturated carbocycles. The van der Waals surface area contributed by atoms with Gasteiger partial charge in [-0.1, -0.05) is 44.2 Å². The van der Waals surface area contributed by atoms with Gasteiger partial charge < -0.3 is 16.0 Å². The molecule has 32 heavy (non-hydrogen) atoms. The number of sulfonamides is 1. The number of fused-ring (bicyclic) bond motifs is 1. The minimum atomic E-state index is -3.48. The Balaban J connectivity index is 1.41. The number of aromatic nitrogens is 1. The number of pyridine rings is 1. The van der Waals surface area contributed by atoms with E-state index >= 15 is 0 Å². The van der Waals surface area contributed by atoms with Crippen LogP contribution in [-0.2, 0) is 16.6 Å². The van der Waals surface area contributed by atoms with Crippen molar-refractivity contribution in [3.05, 3.63) is 66.2 Å². The van der Waals surface area contributed by atoms with Gasteiger partial charge in [0.1, 0.15) is 5.82 Å². The summed E-state index contributed by atoms with van der Waals surface area (Å²) in [4.78, 5) is 16.8. The molecule has 0 aliphatic carbocycles. The molecule has 0 radical (unpaired) electrons. The first-order valence-corrected chi connectivity index (χ1v) is 12.1. The number of carbonyl (C=O) groups excluding carboxylic acids is 1. The monoisotopic (exact) mass is 455 g/mol. The number of para-hydroxylation sites is 1. The highest BCUT2D eigenvalue weighted by Gasteiger charge is 2.21. The second-order valence-corrected chi connectivity index (χ2v) is 9.10. The molecule has 0 aliphatic rings. The summed E-state index contributed by atoms with van der Waals surface area (Å²) in [6.45, 7) is 5.74. The van der Waals surface area contributed by atoms with Crippen LogP contribution in [0.15, 0.2) is 65.6 Å². The summed E-state index contributed by atoms with van der Waals surface area (Å²) in [6.07, 6.45) is 0. The molecule has 0 aliphatic heterocycles. The summed E-state index contributed by atoms with van der Waals surface area (Å²) in [6, 6.07) is 18.1. The van der Waals surface area contributed by atoms with Crippen LogP contribution in [0.3, 0.4) is 0 Å². The van der Waals surface area contributed by atoms with E-state index in [4.69, 9.17) is 0 Å². The Hall–Kier alpha value is -3.17. The number of carbonyl (C=O) groups is 1. The van der Waals surface area contributed by atoms with Crippen molar-refractivity contribution in [2.24, 2.45) is 0 Å². The molecule has 1 aromatic heterocycles. The van der Waals surface area contributed by atoms with Gasteiger partial charge in [-0.25, -0.2) is 18.2 Å². The Kier molecular flexibility index (Phi) is 8.02. The summed E-state index contributed by atoms with van der Waals surface area (Å²) < 4.78 is 26.5. The number of rotatable bonds is 10. The lowest BCUT2D eigenvalue weighted by Gasteiger charge is -2.18. The molecule has 2 aromatic carbocycles. The molecule has 0 atom stereocenters. The third-order valence-corrected chi connectivity index (χ3v) is 7.10. The molecule has 0 saturated heterocycles. The van der Waals surface area contributed by atoms with Gasteiger partial charge in [-0.3, -0.25) is 0 Å². The van der Waals surface area contributed by atoms with Crippen LogP contribution in [-0.4, -0.2) is 49.9 Å². The zero-order chi connectivity index (χ0) is 23.0. The first kappa shape index (κ1) is 23.5. The minimum absolute atomic E-state index is 0.253. The average Bonchev–Trinajstić information content (AvgIpc) is 2.81. The van der Waals surface area contributed by atoms with Gasteiger partial charge in [0.05, 0.1) is 10.4 Å². The lowest BCUT2D eigenvalue weighted by Crippen LogP contribution is -2.37. The maximum Gasteiger partial charge on any atom is 0.315 e. The van der Waals surface area contributed by atoms with Crippen LogP contribution < -0.4 is 16.0 Å². The normalized spacial score (nSPS) is 11.5. The highest BCUT2D eigenvalue weighted by atomic mass is 32.2. The van der Waals surface area contributed by atoms with Crippen molar-refractivity contribution in [2.45, 2.75) is 25.3 Å². The van der Waals surface area contributed by atoms with E-state index in [0.29, 0.717) is 32.7 Å². The standard InChI is InChI=1S/C23H29N5O3S/c1-3-28(4-2)32(30,31)20-12-9-18(10-13-20)17-26-23(29)25-16-15-24-22-14-11-19-7-5-6-8-21(19)27-22/h5-14H,3-4,15-17H2,1-2H3,(H,24,27)(H2,25,26,29). The average molecular weight is 456 g/mol. The van der Waals surface area contributed by atoms with Crippen molar-refractivity contribution in [3.63, 3.8) is 0 Å². The summed E-state index contributed by atoms with van der Waals surface area (Å²) >= 11 is 0. The van der Waals surface area contributed by atoms with E-state index < -0.39 is 10.0 Å². The molecule has 170 valence electrons. The van der Waals surface area contributed by atoms with Gasteiger partial charge in [-0.05, 0) is 35.9 Å². The topological polar surface area (TPSA) is 103 Å². The number of hydrogen-bond acceptors (Lipinski definition) is 5. The fourth-order valence-electron chi connectivity index (χ4n) is 3.27. The van der Waals surface area contributed by atoms with Crippen LogP contribution in [0.2, 0.25) is 0 Å². The Labute approximate surface area is 189 Å². The van der Waals surface area contributed by atoms with Crippen LogP contribution in [0.5, 0.6) is 0 Å². The smallest absolute Gasteiger partial charge is 0.315 e. The second kappa shape index (κ2) is 10.9. The number of amides is 2. The quantitative estimate of drug-likeness (QED) is 0.408. The third kappa shape index (κ3) is 5.95. The van der Waals surface area contributed by atoms with Gasteiger partial charge >= 0.3 is 6.03 Å². The van der Waals surface area contributed by atoms with Crippen LogP contribution >= 0.6 is 0 Å². The number of urea groups is 1. The van der Waals surface area contributed by atoms with Crippen LogP contribution in [0.25, 0.3) is 10.9 Å². The predicted octanol–water partition coefficient (Wildman–Crippen LogP) is 3.18. The number of nitrogens with zero attached hydrogens (tertiary/aromatic N) is 2. The van der Waals surface area contributed by atoms with Gasteiger partial charge in [0, 0.05) is 38.1 Å². The number of hydrogen-bond donors (Lipinski definition) is 3. The molecular formula is C23H29N5O3S. The zero-order valence-electron chi connectivity index (χ0n) is 18.3. The molecule has 0 spiro atoms. The van der Waals surface area contributed by atoms with Gasteiger partial charge in [0.15, 0.2) is 0 Å². The van der Waals surface area contributed by atoms with E-state index in [1.54, 1.807) is 24.3 Å². The van der Waals surface area contributed by atoms with E-state index in [2.05, 4.69) is 20.9 Å². The van der Waals surface area contributed by atoms with Crippen molar-refractivity contribution in [1.82, 2.24) is 19.9 Å². The highest BCUT2D eigenvalue weighted by molar-refractivity contribution is 7.89. The van der Waals surface area contributed by atoms with Crippen LogP contribution in [0, 0.1) is 0 Å². The van der Waals surface area contributed by atoms with Gasteiger partial charge in [0.2, 0.25) is 10.0 Å². The van der Waals surface area contributed by atoms with E-state index in [9.17, 15) is 13.2 Å². The van der Waals surface area contributed by atoms with Crippen molar-refractivity contribution in [2.75, 3.05) is 31.5 Å². The van der Waals surface area contributed by atoms with Gasteiger partial charge in [-0.15, -0.1) is 0 Å². The maximum absolute atomic E-state index is 12.5. The fraction of sp³-hybridized carbons (Fsp3) is 0.304. The van der Waals surface area contributed by atoms with Gasteiger partial charge in [-0.2, -0.15) is 4.31 Å². The summed E-state index contributed by atoms with van der Waals surface area (Å²) in [7, 11) is -3.48. The molecule has 0 unspecified atom stereocenters. The first-order valence-electron chi connectivity index (χ1n) is 10.6. The highest BCUT2D eigenvalue weighted by Crippen LogP contribution is 2.16. The van der Waals surface area contributed by atoms with Crippen molar-refractivity contribution < 1.29 is 13.2 Å². The largest absolute Gasteiger partial charge is 0.368 e. The molecule has 3 aromatic rings. The lowest BCUT2D eigenvalue weighted by molar-refractivity contribution is 0.241. The Morgan fingerprint density at radius 3 is 2.34 bits per heavy atom. The molecule has 3 rings (SSSR count). The van der Waals surface area contributed by atoms with Crippen LogP contribution in [0.1, 0.15) is 19.4 Å². The summed E-state index contributed by atoms with van der Waals surface area (Å²) in [5, 5.41) is 9.82. The Morgan fingerprint density at radius 1 is 0.906 bits per heavy atom. The van der Waals surface area contributed by atoms with Crippen LogP contribution in [0.4, 0.5) is 10.6 Å². The van der Waals surface area contributed by atoms with E-state index in [1.165, 1.54) is 4.31 Å². The molecule has 0 bridgehead atoms. The Morgan fingerprint density at radius 2 is 1.62 bits per heavy atom. The number of anilines is 1. The molecule has 0 fully saturated rings. The molecule has 2 amide bonds. The molecular weight excluding hydrogens is 426 g/mol. The lowest BCUT2D eigenvalue weighted by atomic mass is 10.2. The number of nitrogens with one attached hydrogen (secondary N) is 3. The molecule has 9 heteroatoms. The van der Waals surface area contributed by atoms with Crippen molar-refractivity contribution in [1.29, 1.82) is 0 Å². The van der Waals surface area contributed by atoms with Crippen molar-refractivity contribution >= 4 is 32.8 Å². The second-order valence-electron chi connectivity index (χ2n) is 7.16. The SMILES string of the molecule is CCN(CC)S(=O)(=O)c1ccc(CNC(=O)NCCNc2ccc3ccccc3n2)cc1. The zero-order valence-corrected chi connectivity index (χ0v) is 19.2. The minimum Gasteiger partial charge on any atom is -0.368 e. The molecule has 3 N–H and O–H groups in total. The molecule has 1 heterocycles. The Bertz CT molecular complexity index is 1150.